The minimum atomic E-state index is -1.45. The normalized spacial score (nSPS) is 25.3. The van der Waals surface area contributed by atoms with Gasteiger partial charge in [-0.2, -0.15) is 0 Å². The first kappa shape index (κ1) is 48.1. The molecule has 2 aliphatic rings. The Bertz CT molecular complexity index is 1530. The van der Waals surface area contributed by atoms with E-state index in [1.54, 1.807) is 12.2 Å². The van der Waals surface area contributed by atoms with Gasteiger partial charge in [0.05, 0.1) is 41.3 Å². The maximum Gasteiger partial charge on any atom is 0.316 e. The highest BCUT2D eigenvalue weighted by Crippen LogP contribution is 2.42. The van der Waals surface area contributed by atoms with Crippen LogP contribution in [-0.4, -0.2) is 110 Å². The molecule has 0 saturated carbocycles. The number of hydrogen-bond acceptors (Lipinski definition) is 15. The largest absolute Gasteiger partial charge is 0.483 e. The summed E-state index contributed by atoms with van der Waals surface area (Å²) in [4.78, 5) is 71.6. The molecule has 0 unspecified atom stereocenters. The van der Waals surface area contributed by atoms with Gasteiger partial charge in [0.25, 0.3) is 0 Å². The molecule has 0 radical (unpaired) electrons. The van der Waals surface area contributed by atoms with Crippen LogP contribution in [-0.2, 0) is 52.3 Å². The summed E-state index contributed by atoms with van der Waals surface area (Å²) in [5.74, 6) is -3.09. The quantitative estimate of drug-likeness (QED) is 0.0587. The molecule has 15 heteroatoms. The maximum absolute atomic E-state index is 13.9. The van der Waals surface area contributed by atoms with Gasteiger partial charge in [-0.1, -0.05) is 65.2 Å². The van der Waals surface area contributed by atoms with Crippen molar-refractivity contribution >= 4 is 47.5 Å². The van der Waals surface area contributed by atoms with Gasteiger partial charge < -0.3 is 33.2 Å². The number of esters is 4. The minimum Gasteiger partial charge on any atom is -0.483 e. The standard InChI is InChI=1S/C42H62N4O11/c1-15-19-21-39(23-31(17-3)55-29(9)47)35(51-11)45-41(27(5)6,37(43-39)53-13)25-33(49)57-34(50)26-42(28(7)8)38(54-14)44-40(22-20-16-2,36(46-42)52-12)24-32(18-4)56-30(10)48/h15-18,27-28,31-32H,1-4,19-26H2,5-14H3/t31-,32-,39-,40-,41+,42+/m0/s1. The molecule has 0 amide bonds. The first-order valence-corrected chi connectivity index (χ1v) is 19.0. The van der Waals surface area contributed by atoms with Crippen molar-refractivity contribution in [1.82, 2.24) is 0 Å². The molecule has 0 aromatic rings. The van der Waals surface area contributed by atoms with Crippen molar-refractivity contribution in [3.8, 4) is 0 Å². The molecule has 2 heterocycles. The van der Waals surface area contributed by atoms with Gasteiger partial charge in [-0.25, -0.2) is 20.0 Å². The second-order valence-corrected chi connectivity index (χ2v) is 14.7. The zero-order valence-corrected chi connectivity index (χ0v) is 35.4. The molecule has 6 atom stereocenters. The topological polar surface area (TPSA) is 182 Å². The highest BCUT2D eigenvalue weighted by atomic mass is 16.6. The molecule has 15 nitrogen and oxygen atoms in total. The minimum absolute atomic E-state index is 0.105. The Morgan fingerprint density at radius 1 is 0.579 bits per heavy atom. The fraction of sp³-hybridized carbons (Fsp3) is 0.619. The number of allylic oxidation sites excluding steroid dienone is 2. The SMILES string of the molecule is C=CCC[C@@]1(C[C@H](C=C)OC(C)=O)N=C(OC)[C@@](CC(=O)OC(=O)C[C@]2(C(C)C)N=C(OC)[C@](CCC=C)(C[C@H](C=C)OC(C)=O)N=C2OC)(C(C)C)N=C1OC. The van der Waals surface area contributed by atoms with Crippen molar-refractivity contribution < 1.29 is 52.3 Å². The number of hydrogen-bond donors (Lipinski definition) is 0. The lowest BCUT2D eigenvalue weighted by Gasteiger charge is -2.43. The lowest BCUT2D eigenvalue weighted by Crippen LogP contribution is -2.56. The zero-order chi connectivity index (χ0) is 43.2. The van der Waals surface area contributed by atoms with E-state index < -0.39 is 82.9 Å². The first-order chi connectivity index (χ1) is 26.9. The lowest BCUT2D eigenvalue weighted by molar-refractivity contribution is -0.161. The molecular weight excluding hydrogens is 736 g/mol. The van der Waals surface area contributed by atoms with E-state index in [4.69, 9.17) is 53.1 Å². The summed E-state index contributed by atoms with van der Waals surface area (Å²) in [6.45, 7) is 25.2. The van der Waals surface area contributed by atoms with Gasteiger partial charge in [0.2, 0.25) is 23.6 Å². The molecule has 0 aromatic carbocycles. The van der Waals surface area contributed by atoms with Gasteiger partial charge in [-0.15, -0.1) is 13.2 Å². The Morgan fingerprint density at radius 2 is 0.912 bits per heavy atom. The molecule has 0 saturated heterocycles. The van der Waals surface area contributed by atoms with Gasteiger partial charge in [0.1, 0.15) is 23.3 Å². The summed E-state index contributed by atoms with van der Waals surface area (Å²) in [6.07, 6.45) is 5.99. The van der Waals surface area contributed by atoms with Crippen molar-refractivity contribution in [2.75, 3.05) is 28.4 Å². The molecular formula is C42H62N4O11. The van der Waals surface area contributed by atoms with Crippen molar-refractivity contribution in [2.45, 2.75) is 127 Å². The third kappa shape index (κ3) is 11.1. The van der Waals surface area contributed by atoms with E-state index in [1.165, 1.54) is 54.4 Å². The van der Waals surface area contributed by atoms with Crippen LogP contribution in [0, 0.1) is 11.8 Å². The molecule has 0 aromatic heterocycles. The van der Waals surface area contributed by atoms with Crippen LogP contribution in [0.5, 0.6) is 0 Å². The highest BCUT2D eigenvalue weighted by Gasteiger charge is 2.55. The van der Waals surface area contributed by atoms with Crippen LogP contribution in [0.4, 0.5) is 0 Å². The zero-order valence-electron chi connectivity index (χ0n) is 35.4. The Morgan fingerprint density at radius 3 is 1.16 bits per heavy atom. The van der Waals surface area contributed by atoms with Gasteiger partial charge >= 0.3 is 23.9 Å². The van der Waals surface area contributed by atoms with Crippen molar-refractivity contribution in [2.24, 2.45) is 31.8 Å². The average molecular weight is 799 g/mol. The molecule has 316 valence electrons. The van der Waals surface area contributed by atoms with Crippen LogP contribution in [0.25, 0.3) is 0 Å². The van der Waals surface area contributed by atoms with Gasteiger partial charge in [-0.05, 0) is 37.5 Å². The predicted octanol–water partition coefficient (Wildman–Crippen LogP) is 6.26. The van der Waals surface area contributed by atoms with Crippen LogP contribution in [0.1, 0.15) is 92.9 Å². The summed E-state index contributed by atoms with van der Waals surface area (Å²) in [5.41, 5.74) is -5.25. The van der Waals surface area contributed by atoms with E-state index in [1.807, 2.05) is 27.7 Å². The van der Waals surface area contributed by atoms with Gasteiger partial charge in [-0.3, -0.25) is 19.2 Å². The summed E-state index contributed by atoms with van der Waals surface area (Å²) in [7, 11) is 5.71. The molecule has 2 rings (SSSR count). The molecule has 0 bridgehead atoms. The Kier molecular flexibility index (Phi) is 17.6. The number of carbonyl (C=O) groups is 4. The van der Waals surface area contributed by atoms with E-state index in [9.17, 15) is 19.2 Å². The summed E-state index contributed by atoms with van der Waals surface area (Å²) >= 11 is 0. The van der Waals surface area contributed by atoms with Crippen molar-refractivity contribution in [1.29, 1.82) is 0 Å². The number of ether oxygens (including phenoxy) is 7. The van der Waals surface area contributed by atoms with Gasteiger partial charge in [0.15, 0.2) is 11.1 Å². The smallest absolute Gasteiger partial charge is 0.316 e. The van der Waals surface area contributed by atoms with Crippen LogP contribution < -0.4 is 0 Å². The number of aliphatic imine (C=N–C) groups is 4. The van der Waals surface area contributed by atoms with Crippen LogP contribution >= 0.6 is 0 Å². The first-order valence-electron chi connectivity index (χ1n) is 19.0. The lowest BCUT2D eigenvalue weighted by atomic mass is 9.78. The second-order valence-electron chi connectivity index (χ2n) is 14.7. The third-order valence-corrected chi connectivity index (χ3v) is 10.3. The predicted molar refractivity (Wildman–Crippen MR) is 218 cm³/mol. The van der Waals surface area contributed by atoms with Crippen molar-refractivity contribution in [3.63, 3.8) is 0 Å². The highest BCUT2D eigenvalue weighted by molar-refractivity contribution is 6.04. The monoisotopic (exact) mass is 798 g/mol. The number of nitrogens with zero attached hydrogens (tertiary/aromatic N) is 4. The van der Waals surface area contributed by atoms with E-state index in [-0.39, 0.29) is 36.4 Å². The summed E-state index contributed by atoms with van der Waals surface area (Å²) in [6, 6.07) is 0. The Hall–Kier alpha value is -5.08. The summed E-state index contributed by atoms with van der Waals surface area (Å²) in [5, 5.41) is 0. The second kappa shape index (κ2) is 20.9. The Labute approximate surface area is 337 Å². The van der Waals surface area contributed by atoms with E-state index in [0.29, 0.717) is 25.7 Å². The van der Waals surface area contributed by atoms with Crippen LogP contribution in [0.15, 0.2) is 70.6 Å². The van der Waals surface area contributed by atoms with Crippen LogP contribution in [0.2, 0.25) is 0 Å². The average Bonchev–Trinajstić information content (AvgIpc) is 3.15. The van der Waals surface area contributed by atoms with E-state index in [0.717, 1.165) is 0 Å². The molecule has 0 N–H and O–H groups in total. The van der Waals surface area contributed by atoms with Crippen molar-refractivity contribution in [3.05, 3.63) is 50.6 Å². The fourth-order valence-corrected chi connectivity index (χ4v) is 7.21. The third-order valence-electron chi connectivity index (χ3n) is 10.3. The summed E-state index contributed by atoms with van der Waals surface area (Å²) < 4.78 is 39.9. The molecule has 0 spiro atoms. The van der Waals surface area contributed by atoms with E-state index >= 15 is 0 Å². The van der Waals surface area contributed by atoms with Crippen LogP contribution in [0.3, 0.4) is 0 Å². The number of methoxy groups -OCH3 is 4. The maximum atomic E-state index is 13.9. The van der Waals surface area contributed by atoms with E-state index in [2.05, 4.69) is 26.3 Å². The van der Waals surface area contributed by atoms with Gasteiger partial charge in [0, 0.05) is 26.7 Å². The number of carbonyl (C=O) groups excluding carboxylic acids is 4. The molecule has 0 aliphatic carbocycles. The molecule has 57 heavy (non-hydrogen) atoms. The Balaban J connectivity index is 2.60. The molecule has 2 aliphatic heterocycles. The fourth-order valence-electron chi connectivity index (χ4n) is 7.21. The molecule has 0 fully saturated rings. The number of rotatable bonds is 20.